The van der Waals surface area contributed by atoms with Gasteiger partial charge in [-0.2, -0.15) is 0 Å². The molecule has 0 radical (unpaired) electrons. The maximum absolute atomic E-state index is 10.8. The highest BCUT2D eigenvalue weighted by atomic mass is 16.4. The van der Waals surface area contributed by atoms with Crippen LogP contribution in [0.1, 0.15) is 71.1 Å². The smallest absolute Gasteiger partial charge is 0.307 e. The van der Waals surface area contributed by atoms with Crippen LogP contribution in [0.3, 0.4) is 0 Å². The van der Waals surface area contributed by atoms with E-state index in [0.717, 1.165) is 25.7 Å². The summed E-state index contributed by atoms with van der Waals surface area (Å²) in [5.74, 6) is -2.78. The van der Waals surface area contributed by atoms with Crippen molar-refractivity contribution < 1.29 is 19.8 Å². The van der Waals surface area contributed by atoms with E-state index in [1.807, 2.05) is 0 Å². The van der Waals surface area contributed by atoms with E-state index in [1.54, 1.807) is 0 Å². The van der Waals surface area contributed by atoms with Gasteiger partial charge in [-0.15, -0.1) is 0 Å². The normalized spacial score (nSPS) is 12.7. The van der Waals surface area contributed by atoms with Crippen molar-refractivity contribution in [2.75, 3.05) is 0 Å². The van der Waals surface area contributed by atoms with Gasteiger partial charge in [0.1, 0.15) is 0 Å². The Kier molecular flexibility index (Phi) is 11.9. The van der Waals surface area contributed by atoms with Gasteiger partial charge in [-0.05, 0) is 32.1 Å². The molecule has 0 amide bonds. The number of aliphatic carboxylic acids is 2. The van der Waals surface area contributed by atoms with Crippen molar-refractivity contribution in [1.82, 2.24) is 0 Å². The number of carboxylic acids is 2. The molecular weight excluding hydrogens is 256 g/mol. The van der Waals surface area contributed by atoms with Crippen LogP contribution in [0, 0.1) is 5.92 Å². The van der Waals surface area contributed by atoms with Crippen molar-refractivity contribution in [1.29, 1.82) is 0 Å². The third-order valence-electron chi connectivity index (χ3n) is 3.33. The number of hydrogen-bond acceptors (Lipinski definition) is 2. The van der Waals surface area contributed by atoms with E-state index >= 15 is 0 Å². The first kappa shape index (κ1) is 18.7. The predicted molar refractivity (Wildman–Crippen MR) is 79.7 cm³/mol. The Hall–Kier alpha value is -1.32. The zero-order chi connectivity index (χ0) is 15.2. The Morgan fingerprint density at radius 1 is 0.950 bits per heavy atom. The third-order valence-corrected chi connectivity index (χ3v) is 3.33. The molecule has 20 heavy (non-hydrogen) atoms. The average Bonchev–Trinajstić information content (AvgIpc) is 2.39. The summed E-state index contributed by atoms with van der Waals surface area (Å²) in [5.41, 5.74) is 0. The SMILES string of the molecule is CCCCCC/C=C/CCCCC(CC(=O)O)C(=O)O. The Labute approximate surface area is 121 Å². The fourth-order valence-corrected chi connectivity index (χ4v) is 2.10. The molecule has 0 aliphatic carbocycles. The molecule has 2 N–H and O–H groups in total. The summed E-state index contributed by atoms with van der Waals surface area (Å²) in [7, 11) is 0. The van der Waals surface area contributed by atoms with Gasteiger partial charge in [0.25, 0.3) is 0 Å². The van der Waals surface area contributed by atoms with Gasteiger partial charge in [0.05, 0.1) is 12.3 Å². The van der Waals surface area contributed by atoms with Crippen LogP contribution in [0.4, 0.5) is 0 Å². The van der Waals surface area contributed by atoms with Crippen LogP contribution < -0.4 is 0 Å². The van der Waals surface area contributed by atoms with Crippen LogP contribution in [0.2, 0.25) is 0 Å². The van der Waals surface area contributed by atoms with Gasteiger partial charge in [-0.1, -0.05) is 44.8 Å². The second kappa shape index (κ2) is 12.7. The number of rotatable bonds is 13. The molecule has 0 rings (SSSR count). The van der Waals surface area contributed by atoms with Crippen LogP contribution >= 0.6 is 0 Å². The quantitative estimate of drug-likeness (QED) is 0.391. The fraction of sp³-hybridized carbons (Fsp3) is 0.750. The molecule has 0 bridgehead atoms. The molecule has 0 heterocycles. The summed E-state index contributed by atoms with van der Waals surface area (Å²) >= 11 is 0. The molecule has 4 heteroatoms. The summed E-state index contributed by atoms with van der Waals surface area (Å²) in [6, 6.07) is 0. The summed E-state index contributed by atoms with van der Waals surface area (Å²) < 4.78 is 0. The highest BCUT2D eigenvalue weighted by Gasteiger charge is 2.19. The van der Waals surface area contributed by atoms with Crippen molar-refractivity contribution in [2.24, 2.45) is 5.92 Å². The van der Waals surface area contributed by atoms with Gasteiger partial charge in [-0.3, -0.25) is 9.59 Å². The van der Waals surface area contributed by atoms with Gasteiger partial charge < -0.3 is 10.2 Å². The molecule has 0 aromatic heterocycles. The Morgan fingerprint density at radius 2 is 1.55 bits per heavy atom. The number of hydrogen-bond donors (Lipinski definition) is 2. The van der Waals surface area contributed by atoms with Crippen molar-refractivity contribution in [3.8, 4) is 0 Å². The molecule has 0 aromatic rings. The molecule has 0 aliphatic heterocycles. The van der Waals surface area contributed by atoms with E-state index in [2.05, 4.69) is 19.1 Å². The van der Waals surface area contributed by atoms with Gasteiger partial charge in [0.2, 0.25) is 0 Å². The minimum Gasteiger partial charge on any atom is -0.481 e. The molecule has 0 spiro atoms. The zero-order valence-electron chi connectivity index (χ0n) is 12.5. The van der Waals surface area contributed by atoms with Gasteiger partial charge in [0.15, 0.2) is 0 Å². The average molecular weight is 284 g/mol. The lowest BCUT2D eigenvalue weighted by Crippen LogP contribution is -2.17. The molecule has 0 saturated heterocycles. The van der Waals surface area contributed by atoms with E-state index in [-0.39, 0.29) is 6.42 Å². The van der Waals surface area contributed by atoms with Crippen LogP contribution in [-0.2, 0) is 9.59 Å². The molecule has 1 atom stereocenters. The number of carbonyl (C=O) groups is 2. The zero-order valence-corrected chi connectivity index (χ0v) is 12.5. The topological polar surface area (TPSA) is 74.6 Å². The predicted octanol–water partition coefficient (Wildman–Crippen LogP) is 4.25. The van der Waals surface area contributed by atoms with Crippen molar-refractivity contribution in [3.63, 3.8) is 0 Å². The van der Waals surface area contributed by atoms with Crippen LogP contribution in [0.15, 0.2) is 12.2 Å². The van der Waals surface area contributed by atoms with E-state index in [1.165, 1.54) is 25.7 Å². The van der Waals surface area contributed by atoms with Crippen molar-refractivity contribution in [2.45, 2.75) is 71.1 Å². The molecule has 0 aliphatic rings. The van der Waals surface area contributed by atoms with Gasteiger partial charge >= 0.3 is 11.9 Å². The van der Waals surface area contributed by atoms with Crippen molar-refractivity contribution in [3.05, 3.63) is 12.2 Å². The lowest BCUT2D eigenvalue weighted by molar-refractivity contribution is -0.148. The first-order valence-electron chi connectivity index (χ1n) is 7.67. The summed E-state index contributed by atoms with van der Waals surface area (Å²) in [4.78, 5) is 21.4. The van der Waals surface area contributed by atoms with Crippen LogP contribution in [0.5, 0.6) is 0 Å². The van der Waals surface area contributed by atoms with Gasteiger partial charge in [-0.25, -0.2) is 0 Å². The number of unbranched alkanes of at least 4 members (excludes halogenated alkanes) is 6. The minimum atomic E-state index is -1.04. The lowest BCUT2D eigenvalue weighted by Gasteiger charge is -2.08. The molecule has 1 unspecified atom stereocenters. The maximum Gasteiger partial charge on any atom is 0.307 e. The Bertz CT molecular complexity index is 297. The molecule has 4 nitrogen and oxygen atoms in total. The first-order chi connectivity index (χ1) is 9.57. The summed E-state index contributed by atoms with van der Waals surface area (Å²) in [6.45, 7) is 2.20. The van der Waals surface area contributed by atoms with E-state index in [4.69, 9.17) is 10.2 Å². The van der Waals surface area contributed by atoms with E-state index in [0.29, 0.717) is 6.42 Å². The monoisotopic (exact) mass is 284 g/mol. The van der Waals surface area contributed by atoms with Crippen LogP contribution in [-0.4, -0.2) is 22.2 Å². The molecule has 0 aromatic carbocycles. The van der Waals surface area contributed by atoms with E-state index < -0.39 is 17.9 Å². The number of allylic oxidation sites excluding steroid dienone is 2. The summed E-state index contributed by atoms with van der Waals surface area (Å²) in [5, 5.41) is 17.5. The fourth-order valence-electron chi connectivity index (χ4n) is 2.10. The van der Waals surface area contributed by atoms with Crippen molar-refractivity contribution >= 4 is 11.9 Å². The second-order valence-electron chi connectivity index (χ2n) is 5.24. The maximum atomic E-state index is 10.8. The van der Waals surface area contributed by atoms with Gasteiger partial charge in [0, 0.05) is 0 Å². The highest BCUT2D eigenvalue weighted by molar-refractivity contribution is 5.77. The molecule has 0 fully saturated rings. The highest BCUT2D eigenvalue weighted by Crippen LogP contribution is 2.14. The first-order valence-corrected chi connectivity index (χ1v) is 7.67. The van der Waals surface area contributed by atoms with Crippen LogP contribution in [0.25, 0.3) is 0 Å². The third kappa shape index (κ3) is 11.8. The Balaban J connectivity index is 3.56. The molecule has 0 saturated carbocycles. The second-order valence-corrected chi connectivity index (χ2v) is 5.24. The Morgan fingerprint density at radius 3 is 2.05 bits per heavy atom. The number of carboxylic acid groups (broad SMARTS) is 2. The van der Waals surface area contributed by atoms with E-state index in [9.17, 15) is 9.59 Å². The largest absolute Gasteiger partial charge is 0.481 e. The lowest BCUT2D eigenvalue weighted by atomic mass is 9.98. The minimum absolute atomic E-state index is 0.275. The molecule has 116 valence electrons. The summed E-state index contributed by atoms with van der Waals surface area (Å²) in [6.07, 6.45) is 13.4. The molecular formula is C16H28O4. The standard InChI is InChI=1S/C16H28O4/c1-2-3-4-5-6-7-8-9-10-11-12-14(16(19)20)13-15(17)18/h7-8,14H,2-6,9-13H2,1H3,(H,17,18)(H,19,20)/b8-7+.